The van der Waals surface area contributed by atoms with E-state index in [4.69, 9.17) is 36.7 Å². The Kier molecular flexibility index (Phi) is 6.25. The fraction of sp³-hybridized carbons (Fsp3) is 0.167. The molecule has 0 amide bonds. The third-order valence-corrected chi connectivity index (χ3v) is 6.24. The Bertz CT molecular complexity index is 968. The maximum atomic E-state index is 12.9. The highest BCUT2D eigenvalue weighted by atomic mass is 35.5. The second kappa shape index (κ2) is 8.46. The van der Waals surface area contributed by atoms with Gasteiger partial charge in [0, 0.05) is 36.4 Å². The molecule has 1 heterocycles. The fourth-order valence-corrected chi connectivity index (χ4v) is 3.80. The molecular formula is C18H17Cl2N2O4P. The monoisotopic (exact) mass is 426 g/mol. The van der Waals surface area contributed by atoms with Crippen molar-refractivity contribution in [1.29, 1.82) is 0 Å². The number of hydrogen-bond donors (Lipinski definition) is 1. The third kappa shape index (κ3) is 4.37. The molecule has 27 heavy (non-hydrogen) atoms. The minimum Gasteiger partial charge on any atom is -0.420 e. The third-order valence-electron chi connectivity index (χ3n) is 3.84. The summed E-state index contributed by atoms with van der Waals surface area (Å²) in [6.45, 7) is 0.343. The smallest absolute Gasteiger partial charge is 0.384 e. The number of oxazole rings is 1. The van der Waals surface area contributed by atoms with Crippen LogP contribution < -0.4 is 10.8 Å². The van der Waals surface area contributed by atoms with Gasteiger partial charge in [0.2, 0.25) is 17.2 Å². The molecule has 0 aliphatic heterocycles. The molecule has 6 nitrogen and oxygen atoms in total. The first-order valence-corrected chi connectivity index (χ1v) is 10.2. The Morgan fingerprint density at radius 3 is 2.37 bits per heavy atom. The second-order valence-corrected chi connectivity index (χ2v) is 8.48. The number of halogens is 2. The lowest BCUT2D eigenvalue weighted by Gasteiger charge is -2.12. The quantitative estimate of drug-likeness (QED) is 0.511. The van der Waals surface area contributed by atoms with Crippen molar-refractivity contribution >= 4 is 42.1 Å². The SMILES string of the molecule is COP(=O)(OC)c1nc(-c2ccc(Cl)cc2)oc1NCc1ccccc1Cl. The highest BCUT2D eigenvalue weighted by Gasteiger charge is 2.34. The van der Waals surface area contributed by atoms with Crippen molar-refractivity contribution in [3.8, 4) is 11.5 Å². The molecule has 0 saturated carbocycles. The standard InChI is InChI=1S/C18H17Cl2N2O4P/c1-24-27(23,25-2)18-17(21-11-13-5-3-4-6-15(13)20)26-16(22-18)12-7-9-14(19)10-8-12/h3-10,21H,11H2,1-2H3. The van der Waals surface area contributed by atoms with Crippen LogP contribution in [0.3, 0.4) is 0 Å². The predicted molar refractivity (Wildman–Crippen MR) is 107 cm³/mol. The summed E-state index contributed by atoms with van der Waals surface area (Å²) in [6.07, 6.45) is 0. The summed E-state index contributed by atoms with van der Waals surface area (Å²) in [6, 6.07) is 14.3. The van der Waals surface area contributed by atoms with Gasteiger partial charge < -0.3 is 18.8 Å². The average Bonchev–Trinajstić information content (AvgIpc) is 3.12. The van der Waals surface area contributed by atoms with Gasteiger partial charge in [0.05, 0.1) is 0 Å². The summed E-state index contributed by atoms with van der Waals surface area (Å²) < 4.78 is 28.9. The molecule has 9 heteroatoms. The van der Waals surface area contributed by atoms with Gasteiger partial charge in [-0.25, -0.2) is 0 Å². The number of rotatable bonds is 7. The lowest BCUT2D eigenvalue weighted by molar-refractivity contribution is 0.286. The summed E-state index contributed by atoms with van der Waals surface area (Å²) >= 11 is 12.1. The Hall–Kier alpha value is -1.82. The van der Waals surface area contributed by atoms with E-state index in [9.17, 15) is 4.57 Å². The first-order valence-electron chi connectivity index (χ1n) is 7.93. The van der Waals surface area contributed by atoms with Crippen LogP contribution in [0.1, 0.15) is 5.56 Å². The zero-order chi connectivity index (χ0) is 19.4. The molecule has 0 aliphatic rings. The van der Waals surface area contributed by atoms with Crippen LogP contribution >= 0.6 is 30.8 Å². The maximum absolute atomic E-state index is 12.9. The number of hydrogen-bond acceptors (Lipinski definition) is 6. The molecule has 3 aromatic rings. The zero-order valence-corrected chi connectivity index (χ0v) is 17.0. The maximum Gasteiger partial charge on any atom is 0.384 e. The molecule has 2 aromatic carbocycles. The molecule has 0 bridgehead atoms. The van der Waals surface area contributed by atoms with E-state index in [-0.39, 0.29) is 17.2 Å². The van der Waals surface area contributed by atoms with E-state index in [1.807, 2.05) is 18.2 Å². The van der Waals surface area contributed by atoms with Crippen molar-refractivity contribution in [2.24, 2.45) is 0 Å². The van der Waals surface area contributed by atoms with Gasteiger partial charge in [0.1, 0.15) is 0 Å². The minimum atomic E-state index is -3.64. The number of anilines is 1. The van der Waals surface area contributed by atoms with Crippen LogP contribution in [-0.4, -0.2) is 19.2 Å². The van der Waals surface area contributed by atoms with Crippen LogP contribution in [-0.2, 0) is 20.2 Å². The van der Waals surface area contributed by atoms with Crippen molar-refractivity contribution in [2.75, 3.05) is 19.5 Å². The molecule has 1 aromatic heterocycles. The van der Waals surface area contributed by atoms with Gasteiger partial charge in [-0.1, -0.05) is 41.4 Å². The Labute approximate surface area is 167 Å². The van der Waals surface area contributed by atoms with Crippen LogP contribution in [0.5, 0.6) is 0 Å². The summed E-state index contributed by atoms with van der Waals surface area (Å²) in [5.41, 5.74) is 1.58. The number of nitrogens with one attached hydrogen (secondary N) is 1. The highest BCUT2D eigenvalue weighted by molar-refractivity contribution is 7.62. The Morgan fingerprint density at radius 1 is 1.07 bits per heavy atom. The normalized spacial score (nSPS) is 11.6. The van der Waals surface area contributed by atoms with Gasteiger partial charge in [-0.15, -0.1) is 0 Å². The van der Waals surface area contributed by atoms with Crippen LogP contribution in [0.15, 0.2) is 52.9 Å². The largest absolute Gasteiger partial charge is 0.420 e. The van der Waals surface area contributed by atoms with Gasteiger partial charge in [0.15, 0.2) is 0 Å². The van der Waals surface area contributed by atoms with Gasteiger partial charge in [-0.2, -0.15) is 4.98 Å². The van der Waals surface area contributed by atoms with Gasteiger partial charge >= 0.3 is 7.60 Å². The molecule has 0 unspecified atom stereocenters. The number of nitrogens with zero attached hydrogens (tertiary/aromatic N) is 1. The van der Waals surface area contributed by atoms with Crippen molar-refractivity contribution in [3.05, 3.63) is 64.1 Å². The van der Waals surface area contributed by atoms with Crippen LogP contribution in [0, 0.1) is 0 Å². The molecule has 3 rings (SSSR count). The lowest BCUT2D eigenvalue weighted by atomic mass is 10.2. The Balaban J connectivity index is 1.98. The molecule has 0 fully saturated rings. The molecule has 0 aliphatic carbocycles. The summed E-state index contributed by atoms with van der Waals surface area (Å²) in [4.78, 5) is 4.34. The number of benzene rings is 2. The van der Waals surface area contributed by atoms with E-state index in [1.54, 1.807) is 30.3 Å². The molecule has 0 saturated heterocycles. The topological polar surface area (TPSA) is 73.6 Å². The van der Waals surface area contributed by atoms with Gasteiger partial charge in [0.25, 0.3) is 0 Å². The highest BCUT2D eigenvalue weighted by Crippen LogP contribution is 2.47. The summed E-state index contributed by atoms with van der Waals surface area (Å²) in [7, 11) is -1.06. The molecule has 0 spiro atoms. The van der Waals surface area contributed by atoms with Crippen molar-refractivity contribution < 1.29 is 18.0 Å². The fourth-order valence-electron chi connectivity index (χ4n) is 2.39. The van der Waals surface area contributed by atoms with E-state index in [0.29, 0.717) is 22.2 Å². The zero-order valence-electron chi connectivity index (χ0n) is 14.6. The molecule has 1 N–H and O–H groups in total. The van der Waals surface area contributed by atoms with E-state index >= 15 is 0 Å². The van der Waals surface area contributed by atoms with Crippen molar-refractivity contribution in [1.82, 2.24) is 4.98 Å². The van der Waals surface area contributed by atoms with E-state index in [0.717, 1.165) is 5.56 Å². The van der Waals surface area contributed by atoms with E-state index in [1.165, 1.54) is 14.2 Å². The lowest BCUT2D eigenvalue weighted by Crippen LogP contribution is -2.15. The molecule has 0 radical (unpaired) electrons. The minimum absolute atomic E-state index is 0.0597. The summed E-state index contributed by atoms with van der Waals surface area (Å²) in [5, 5.41) is 4.26. The molecular weight excluding hydrogens is 410 g/mol. The molecule has 0 atom stereocenters. The Morgan fingerprint density at radius 2 is 1.74 bits per heavy atom. The van der Waals surface area contributed by atoms with Crippen molar-refractivity contribution in [2.45, 2.75) is 6.54 Å². The average molecular weight is 427 g/mol. The van der Waals surface area contributed by atoms with Gasteiger partial charge in [-0.3, -0.25) is 4.57 Å². The van der Waals surface area contributed by atoms with E-state index in [2.05, 4.69) is 10.3 Å². The molecule has 142 valence electrons. The first-order chi connectivity index (χ1) is 13.0. The summed E-state index contributed by atoms with van der Waals surface area (Å²) in [5.74, 6) is 0.449. The van der Waals surface area contributed by atoms with E-state index < -0.39 is 7.60 Å². The second-order valence-electron chi connectivity index (χ2n) is 5.49. The van der Waals surface area contributed by atoms with Crippen LogP contribution in [0.4, 0.5) is 5.88 Å². The van der Waals surface area contributed by atoms with Crippen LogP contribution in [0.2, 0.25) is 10.0 Å². The predicted octanol–water partition coefficient (Wildman–Crippen LogP) is 5.37. The first kappa shape index (κ1) is 19.9. The number of aromatic nitrogens is 1. The van der Waals surface area contributed by atoms with Crippen LogP contribution in [0.25, 0.3) is 11.5 Å². The van der Waals surface area contributed by atoms with Gasteiger partial charge in [-0.05, 0) is 35.9 Å². The van der Waals surface area contributed by atoms with Crippen molar-refractivity contribution in [3.63, 3.8) is 0 Å².